The van der Waals surface area contributed by atoms with E-state index in [0.29, 0.717) is 0 Å². The quantitative estimate of drug-likeness (QED) is 0.531. The zero-order valence-electron chi connectivity index (χ0n) is 5.57. The van der Waals surface area contributed by atoms with Gasteiger partial charge in [-0.1, -0.05) is 19.3 Å². The van der Waals surface area contributed by atoms with E-state index < -0.39 is 0 Å². The molecule has 0 rings (SSSR count). The monoisotopic (exact) mass is 111 g/mol. The van der Waals surface area contributed by atoms with Crippen LogP contribution in [0.1, 0.15) is 26.7 Å². The zero-order chi connectivity index (χ0) is 6.41. The predicted molar refractivity (Wildman–Crippen MR) is 36.3 cm³/mol. The van der Waals surface area contributed by atoms with Crippen LogP contribution in [-0.4, -0.2) is 6.04 Å². The molecule has 0 aromatic carbocycles. The Kier molecular flexibility index (Phi) is 4.39. The summed E-state index contributed by atoms with van der Waals surface area (Å²) in [6.07, 6.45) is 2.14. The largest absolute Gasteiger partial charge is 0.318 e. The highest BCUT2D eigenvalue weighted by Crippen LogP contribution is 1.89. The van der Waals surface area contributed by atoms with Crippen LogP contribution in [0.4, 0.5) is 0 Å². The van der Waals surface area contributed by atoms with Crippen molar-refractivity contribution in [3.8, 4) is 11.8 Å². The van der Waals surface area contributed by atoms with Gasteiger partial charge in [0, 0.05) is 0 Å². The molecule has 1 atom stereocenters. The minimum Gasteiger partial charge on any atom is -0.318 e. The molecule has 1 heteroatoms. The molecule has 0 bridgehead atoms. The summed E-state index contributed by atoms with van der Waals surface area (Å²) < 4.78 is 0. The van der Waals surface area contributed by atoms with Gasteiger partial charge in [0.15, 0.2) is 0 Å². The lowest BCUT2D eigenvalue weighted by Gasteiger charge is -1.97. The number of rotatable bonds is 2. The molecular formula is C7H13N. The maximum absolute atomic E-state index is 5.52. The highest BCUT2D eigenvalue weighted by Gasteiger charge is 1.90. The molecule has 1 nitrogen and oxygen atoms in total. The second-order valence-electron chi connectivity index (χ2n) is 1.79. The minimum atomic E-state index is 0.102. The summed E-state index contributed by atoms with van der Waals surface area (Å²) in [6, 6.07) is 0.102. The van der Waals surface area contributed by atoms with E-state index in [-0.39, 0.29) is 6.04 Å². The van der Waals surface area contributed by atoms with Gasteiger partial charge in [0.25, 0.3) is 0 Å². The van der Waals surface area contributed by atoms with Crippen LogP contribution in [0.15, 0.2) is 0 Å². The Bertz CT molecular complexity index is 96.7. The lowest BCUT2D eigenvalue weighted by atomic mass is 10.2. The van der Waals surface area contributed by atoms with E-state index in [9.17, 15) is 0 Å². The Morgan fingerprint density at radius 2 is 2.25 bits per heavy atom. The maximum atomic E-state index is 5.52. The van der Waals surface area contributed by atoms with Gasteiger partial charge < -0.3 is 5.73 Å². The van der Waals surface area contributed by atoms with Gasteiger partial charge in [0.05, 0.1) is 6.04 Å². The minimum absolute atomic E-state index is 0.102. The van der Waals surface area contributed by atoms with Gasteiger partial charge in [0.2, 0.25) is 0 Å². The van der Waals surface area contributed by atoms with Gasteiger partial charge >= 0.3 is 0 Å². The van der Waals surface area contributed by atoms with E-state index in [1.54, 1.807) is 0 Å². The Labute approximate surface area is 51.3 Å². The number of hydrogen-bond acceptors (Lipinski definition) is 1. The van der Waals surface area contributed by atoms with Gasteiger partial charge in [-0.25, -0.2) is 0 Å². The van der Waals surface area contributed by atoms with Crippen LogP contribution in [0.3, 0.4) is 0 Å². The molecule has 2 N–H and O–H groups in total. The van der Waals surface area contributed by atoms with Crippen molar-refractivity contribution in [1.82, 2.24) is 0 Å². The Morgan fingerprint density at radius 3 is 2.62 bits per heavy atom. The summed E-state index contributed by atoms with van der Waals surface area (Å²) in [6.45, 7) is 3.92. The van der Waals surface area contributed by atoms with E-state index in [1.165, 1.54) is 0 Å². The fraction of sp³-hybridized carbons (Fsp3) is 0.714. The smallest absolute Gasteiger partial charge is 0.0664 e. The van der Waals surface area contributed by atoms with Gasteiger partial charge in [-0.2, -0.15) is 0 Å². The van der Waals surface area contributed by atoms with Crippen LogP contribution in [0.25, 0.3) is 0 Å². The second-order valence-corrected chi connectivity index (χ2v) is 1.79. The van der Waals surface area contributed by atoms with E-state index in [2.05, 4.69) is 18.8 Å². The van der Waals surface area contributed by atoms with Crippen molar-refractivity contribution in [3.63, 3.8) is 0 Å². The molecule has 1 unspecified atom stereocenters. The van der Waals surface area contributed by atoms with Crippen molar-refractivity contribution < 1.29 is 0 Å². The van der Waals surface area contributed by atoms with Crippen molar-refractivity contribution in [2.75, 3.05) is 0 Å². The van der Waals surface area contributed by atoms with Gasteiger partial charge in [0.1, 0.15) is 0 Å². The third-order valence-electron chi connectivity index (χ3n) is 0.929. The van der Waals surface area contributed by atoms with E-state index in [1.807, 2.05) is 6.92 Å². The lowest BCUT2D eigenvalue weighted by molar-refractivity contribution is 0.720. The molecule has 0 heterocycles. The molecule has 0 aromatic rings. The van der Waals surface area contributed by atoms with Crippen LogP contribution in [0.2, 0.25) is 0 Å². The molecule has 0 saturated heterocycles. The fourth-order valence-corrected chi connectivity index (χ4v) is 0.569. The molecule has 0 aromatic heterocycles. The van der Waals surface area contributed by atoms with Crippen LogP contribution < -0.4 is 5.73 Å². The molecule has 0 aliphatic heterocycles. The van der Waals surface area contributed by atoms with Crippen molar-refractivity contribution >= 4 is 0 Å². The summed E-state index contributed by atoms with van der Waals surface area (Å²) in [5, 5.41) is 0. The summed E-state index contributed by atoms with van der Waals surface area (Å²) in [5.74, 6) is 5.65. The van der Waals surface area contributed by atoms with Crippen LogP contribution in [0, 0.1) is 11.8 Å². The Morgan fingerprint density at radius 1 is 1.62 bits per heavy atom. The molecule has 8 heavy (non-hydrogen) atoms. The standard InChI is InChI=1S/C7H13N/c1-3-5-7(8)6-4-2/h7H,3,5,8H2,1-2H3. The first-order chi connectivity index (χ1) is 3.81. The lowest BCUT2D eigenvalue weighted by Crippen LogP contribution is -2.16. The van der Waals surface area contributed by atoms with Crippen molar-refractivity contribution in [1.29, 1.82) is 0 Å². The first-order valence-electron chi connectivity index (χ1n) is 2.99. The third-order valence-corrected chi connectivity index (χ3v) is 0.929. The van der Waals surface area contributed by atoms with Crippen LogP contribution in [-0.2, 0) is 0 Å². The van der Waals surface area contributed by atoms with Gasteiger partial charge in [-0.3, -0.25) is 0 Å². The molecule has 0 aliphatic carbocycles. The van der Waals surface area contributed by atoms with E-state index in [0.717, 1.165) is 12.8 Å². The highest BCUT2D eigenvalue weighted by atomic mass is 14.6. The number of hydrogen-bond donors (Lipinski definition) is 1. The van der Waals surface area contributed by atoms with Gasteiger partial charge in [-0.05, 0) is 13.3 Å². The highest BCUT2D eigenvalue weighted by molar-refractivity contribution is 5.03. The first-order valence-corrected chi connectivity index (χ1v) is 2.99. The average Bonchev–Trinajstić information content (AvgIpc) is 1.68. The normalized spacial score (nSPS) is 11.9. The van der Waals surface area contributed by atoms with Crippen molar-refractivity contribution in [3.05, 3.63) is 0 Å². The van der Waals surface area contributed by atoms with Crippen LogP contribution >= 0.6 is 0 Å². The molecule has 46 valence electrons. The van der Waals surface area contributed by atoms with Crippen molar-refractivity contribution in [2.45, 2.75) is 32.7 Å². The zero-order valence-corrected chi connectivity index (χ0v) is 5.57. The molecule has 0 spiro atoms. The summed E-state index contributed by atoms with van der Waals surface area (Å²) in [7, 11) is 0. The van der Waals surface area contributed by atoms with E-state index >= 15 is 0 Å². The summed E-state index contributed by atoms with van der Waals surface area (Å²) in [4.78, 5) is 0. The molecule has 0 amide bonds. The predicted octanol–water partition coefficient (Wildman–Crippen LogP) is 1.14. The Balaban J connectivity index is 3.27. The van der Waals surface area contributed by atoms with Crippen LogP contribution in [0.5, 0.6) is 0 Å². The first kappa shape index (κ1) is 7.52. The topological polar surface area (TPSA) is 26.0 Å². The molecule has 0 radical (unpaired) electrons. The van der Waals surface area contributed by atoms with Gasteiger partial charge in [-0.15, -0.1) is 5.92 Å². The summed E-state index contributed by atoms with van der Waals surface area (Å²) >= 11 is 0. The molecule has 0 saturated carbocycles. The average molecular weight is 111 g/mol. The summed E-state index contributed by atoms with van der Waals surface area (Å²) in [5.41, 5.74) is 5.52. The van der Waals surface area contributed by atoms with Crippen molar-refractivity contribution in [2.24, 2.45) is 5.73 Å². The maximum Gasteiger partial charge on any atom is 0.0664 e. The SMILES string of the molecule is CC#CC(N)CCC. The Hall–Kier alpha value is -0.480. The molecular weight excluding hydrogens is 98.1 g/mol. The second kappa shape index (κ2) is 4.67. The van der Waals surface area contributed by atoms with E-state index in [4.69, 9.17) is 5.73 Å². The fourth-order valence-electron chi connectivity index (χ4n) is 0.569. The molecule has 0 fully saturated rings. The third kappa shape index (κ3) is 3.70. The number of nitrogens with two attached hydrogens (primary N) is 1. The molecule has 0 aliphatic rings.